The summed E-state index contributed by atoms with van der Waals surface area (Å²) < 4.78 is 0. The summed E-state index contributed by atoms with van der Waals surface area (Å²) in [6.45, 7) is 6.53. The molecule has 0 atom stereocenters. The van der Waals surface area contributed by atoms with Gasteiger partial charge in [-0.1, -0.05) is 0 Å². The molecular weight excluding hydrogens is 274 g/mol. The zero-order valence-corrected chi connectivity index (χ0v) is 12.7. The van der Waals surface area contributed by atoms with Crippen molar-refractivity contribution in [2.45, 2.75) is 26.3 Å². The molecule has 0 aliphatic heterocycles. The normalized spacial score (nSPS) is 11.6. The number of fused-ring (bicyclic) bond motifs is 1. The third-order valence-electron chi connectivity index (χ3n) is 2.88. The average molecular weight is 293 g/mol. The molecule has 20 heavy (non-hydrogen) atoms. The molecule has 2 rings (SSSR count). The minimum absolute atomic E-state index is 0.110. The molecule has 0 spiro atoms. The summed E-state index contributed by atoms with van der Waals surface area (Å²) in [7, 11) is 0. The second-order valence-electron chi connectivity index (χ2n) is 5.09. The number of thiophene rings is 1. The van der Waals surface area contributed by atoms with Gasteiger partial charge in [-0.15, -0.1) is 11.3 Å². The van der Waals surface area contributed by atoms with Crippen LogP contribution in [0.5, 0.6) is 0 Å². The smallest absolute Gasteiger partial charge is 0.245 e. The van der Waals surface area contributed by atoms with Crippen LogP contribution in [0.3, 0.4) is 0 Å². The van der Waals surface area contributed by atoms with Gasteiger partial charge in [-0.05, 0) is 26.8 Å². The van der Waals surface area contributed by atoms with E-state index in [0.29, 0.717) is 18.9 Å². The molecule has 0 aliphatic carbocycles. The van der Waals surface area contributed by atoms with Crippen molar-refractivity contribution in [2.24, 2.45) is 5.73 Å². The summed E-state index contributed by atoms with van der Waals surface area (Å²) >= 11 is 1.61. The highest BCUT2D eigenvalue weighted by Crippen LogP contribution is 2.28. The Balaban J connectivity index is 2.24. The molecule has 0 fully saturated rings. The van der Waals surface area contributed by atoms with Gasteiger partial charge in [-0.2, -0.15) is 0 Å². The summed E-state index contributed by atoms with van der Waals surface area (Å²) in [5.74, 6) is 0.564. The first-order valence-corrected chi connectivity index (χ1v) is 7.23. The molecule has 1 amide bonds. The molecule has 0 aromatic carbocycles. The van der Waals surface area contributed by atoms with Gasteiger partial charge in [0.05, 0.1) is 5.39 Å². The number of nitrogens with one attached hydrogen (secondary N) is 2. The summed E-state index contributed by atoms with van der Waals surface area (Å²) in [4.78, 5) is 22.7. The Hall–Kier alpha value is -1.73. The van der Waals surface area contributed by atoms with Crippen molar-refractivity contribution < 1.29 is 4.79 Å². The first-order chi connectivity index (χ1) is 9.44. The van der Waals surface area contributed by atoms with Crippen LogP contribution in [-0.4, -0.2) is 34.5 Å². The van der Waals surface area contributed by atoms with Crippen LogP contribution in [0.1, 0.15) is 18.7 Å². The van der Waals surface area contributed by atoms with E-state index >= 15 is 0 Å². The number of aromatic nitrogens is 2. The Morgan fingerprint density at radius 2 is 2.20 bits per heavy atom. The minimum Gasteiger partial charge on any atom is -0.356 e. The van der Waals surface area contributed by atoms with Gasteiger partial charge >= 0.3 is 0 Å². The van der Waals surface area contributed by atoms with E-state index in [0.717, 1.165) is 15.1 Å². The summed E-state index contributed by atoms with van der Waals surface area (Å²) in [6.07, 6.45) is 1.51. The number of hydrogen-bond acceptors (Lipinski definition) is 6. The van der Waals surface area contributed by atoms with Crippen molar-refractivity contribution in [3.05, 3.63) is 17.3 Å². The van der Waals surface area contributed by atoms with E-state index in [1.165, 1.54) is 6.33 Å². The fourth-order valence-electron chi connectivity index (χ4n) is 1.84. The number of amides is 1. The number of rotatable bonds is 5. The maximum absolute atomic E-state index is 12.1. The maximum atomic E-state index is 12.1. The summed E-state index contributed by atoms with van der Waals surface area (Å²) in [5, 5.41) is 6.90. The Labute approximate surface area is 121 Å². The summed E-state index contributed by atoms with van der Waals surface area (Å²) in [6, 6.07) is 2.02. The van der Waals surface area contributed by atoms with Crippen molar-refractivity contribution >= 4 is 33.3 Å². The highest BCUT2D eigenvalue weighted by molar-refractivity contribution is 7.18. The largest absolute Gasteiger partial charge is 0.356 e. The second kappa shape index (κ2) is 5.72. The van der Waals surface area contributed by atoms with E-state index in [9.17, 15) is 4.79 Å². The molecule has 6 nitrogen and oxygen atoms in total. The van der Waals surface area contributed by atoms with E-state index in [-0.39, 0.29) is 5.91 Å². The van der Waals surface area contributed by atoms with Crippen LogP contribution in [0.4, 0.5) is 5.82 Å². The molecule has 0 bridgehead atoms. The molecule has 2 heterocycles. The van der Waals surface area contributed by atoms with Crippen LogP contribution in [0.25, 0.3) is 10.2 Å². The van der Waals surface area contributed by atoms with Gasteiger partial charge in [0.15, 0.2) is 0 Å². The van der Waals surface area contributed by atoms with E-state index in [1.807, 2.05) is 26.8 Å². The Morgan fingerprint density at radius 3 is 2.90 bits per heavy atom. The lowest BCUT2D eigenvalue weighted by atomic mass is 10.0. The van der Waals surface area contributed by atoms with Crippen molar-refractivity contribution in [3.8, 4) is 0 Å². The highest BCUT2D eigenvalue weighted by atomic mass is 32.1. The second-order valence-corrected chi connectivity index (χ2v) is 6.33. The summed E-state index contributed by atoms with van der Waals surface area (Å²) in [5.41, 5.74) is 4.62. The first kappa shape index (κ1) is 14.7. The quantitative estimate of drug-likeness (QED) is 0.772. The fraction of sp³-hybridized carbons (Fsp3) is 0.462. The topological polar surface area (TPSA) is 92.9 Å². The van der Waals surface area contributed by atoms with Crippen LogP contribution < -0.4 is 16.4 Å². The van der Waals surface area contributed by atoms with Gasteiger partial charge in [0.1, 0.15) is 22.5 Å². The third kappa shape index (κ3) is 3.05. The molecule has 4 N–H and O–H groups in total. The monoisotopic (exact) mass is 293 g/mol. The first-order valence-electron chi connectivity index (χ1n) is 6.42. The molecule has 0 aliphatic rings. The Kier molecular flexibility index (Phi) is 4.20. The Morgan fingerprint density at radius 1 is 1.45 bits per heavy atom. The van der Waals surface area contributed by atoms with Gasteiger partial charge in [-0.25, -0.2) is 9.97 Å². The minimum atomic E-state index is -0.772. The lowest BCUT2D eigenvalue weighted by Crippen LogP contribution is -2.49. The average Bonchev–Trinajstić information content (AvgIpc) is 2.77. The molecule has 0 radical (unpaired) electrons. The zero-order valence-electron chi connectivity index (χ0n) is 11.9. The van der Waals surface area contributed by atoms with Crippen LogP contribution in [0.2, 0.25) is 0 Å². The van der Waals surface area contributed by atoms with E-state index < -0.39 is 5.54 Å². The lowest BCUT2D eigenvalue weighted by molar-refractivity contribution is -0.124. The van der Waals surface area contributed by atoms with Gasteiger partial charge in [0.25, 0.3) is 0 Å². The predicted molar refractivity (Wildman–Crippen MR) is 81.9 cm³/mol. The molecule has 0 unspecified atom stereocenters. The number of carbonyl (C=O) groups excluding carboxylic acids is 1. The van der Waals surface area contributed by atoms with Gasteiger partial charge in [-0.3, -0.25) is 4.79 Å². The standard InChI is InChI=1S/C13H19N5OS/c1-8-6-9-10(16-7-17-11(9)20-8)18-13(2,3)12(19)15-5-4-14/h6-7H,4-5,14H2,1-3H3,(H,15,19)(H,16,17,18). The lowest BCUT2D eigenvalue weighted by Gasteiger charge is -2.25. The number of nitrogens with two attached hydrogens (primary N) is 1. The van der Waals surface area contributed by atoms with Gasteiger partial charge < -0.3 is 16.4 Å². The van der Waals surface area contributed by atoms with Crippen LogP contribution in [0, 0.1) is 6.92 Å². The van der Waals surface area contributed by atoms with Crippen LogP contribution in [0.15, 0.2) is 12.4 Å². The maximum Gasteiger partial charge on any atom is 0.245 e. The van der Waals surface area contributed by atoms with Crippen molar-refractivity contribution in [3.63, 3.8) is 0 Å². The fourth-order valence-corrected chi connectivity index (χ4v) is 2.68. The van der Waals surface area contributed by atoms with E-state index in [4.69, 9.17) is 5.73 Å². The molecule has 2 aromatic heterocycles. The van der Waals surface area contributed by atoms with E-state index in [2.05, 4.69) is 20.6 Å². The Bertz CT molecular complexity index is 622. The number of anilines is 1. The predicted octanol–water partition coefficient (Wildman–Crippen LogP) is 1.27. The zero-order chi connectivity index (χ0) is 14.8. The highest BCUT2D eigenvalue weighted by Gasteiger charge is 2.28. The van der Waals surface area contributed by atoms with Crippen molar-refractivity contribution in [1.29, 1.82) is 0 Å². The molecule has 0 saturated heterocycles. The third-order valence-corrected chi connectivity index (χ3v) is 3.84. The number of carbonyl (C=O) groups is 1. The van der Waals surface area contributed by atoms with Crippen molar-refractivity contribution in [1.82, 2.24) is 15.3 Å². The number of hydrogen-bond donors (Lipinski definition) is 3. The molecule has 0 saturated carbocycles. The molecule has 108 valence electrons. The number of aryl methyl sites for hydroxylation is 1. The van der Waals surface area contributed by atoms with Crippen LogP contribution >= 0.6 is 11.3 Å². The number of nitrogens with zero attached hydrogens (tertiary/aromatic N) is 2. The molecular formula is C13H19N5OS. The van der Waals surface area contributed by atoms with Gasteiger partial charge in [0.2, 0.25) is 5.91 Å². The molecule has 7 heteroatoms. The van der Waals surface area contributed by atoms with Crippen molar-refractivity contribution in [2.75, 3.05) is 18.4 Å². The van der Waals surface area contributed by atoms with E-state index in [1.54, 1.807) is 11.3 Å². The van der Waals surface area contributed by atoms with Crippen LogP contribution in [-0.2, 0) is 4.79 Å². The SMILES string of the molecule is Cc1cc2c(NC(C)(C)C(=O)NCCN)ncnc2s1. The molecule has 2 aromatic rings. The van der Waals surface area contributed by atoms with Gasteiger partial charge in [0, 0.05) is 18.0 Å².